The Morgan fingerprint density at radius 3 is 2.74 bits per heavy atom. The van der Waals surface area contributed by atoms with Gasteiger partial charge in [0.05, 0.1) is 0 Å². The molecule has 0 bridgehead atoms. The summed E-state index contributed by atoms with van der Waals surface area (Å²) in [6, 6.07) is 4.23. The summed E-state index contributed by atoms with van der Waals surface area (Å²) in [6.45, 7) is 10.2. The van der Waals surface area contributed by atoms with E-state index in [1.54, 1.807) is 0 Å². The van der Waals surface area contributed by atoms with Crippen molar-refractivity contribution in [2.75, 3.05) is 26.2 Å². The number of nitrogens with one attached hydrogen (secondary N) is 1. The first-order valence-corrected chi connectivity index (χ1v) is 7.58. The average Bonchev–Trinajstić information content (AvgIpc) is 2.42. The Kier molecular flexibility index (Phi) is 5.80. The number of pyridine rings is 1. The molecule has 106 valence electrons. The van der Waals surface area contributed by atoms with Gasteiger partial charge in [-0.25, -0.2) is 0 Å². The fourth-order valence-corrected chi connectivity index (χ4v) is 2.71. The predicted octanol–water partition coefficient (Wildman–Crippen LogP) is 2.60. The summed E-state index contributed by atoms with van der Waals surface area (Å²) >= 11 is 0. The third-order valence-corrected chi connectivity index (χ3v) is 3.81. The standard InChI is InChI=1S/C16H27N3/c1-14(13-19-8-4-3-5-9-19)10-17-11-16-7-6-15(2)18-12-16/h6-7,12,14,17H,3-5,8-11,13H2,1-2H3. The van der Waals surface area contributed by atoms with Crippen LogP contribution in [0.4, 0.5) is 0 Å². The molecule has 1 aliphatic heterocycles. The summed E-state index contributed by atoms with van der Waals surface area (Å²) in [6.07, 6.45) is 6.16. The first kappa shape index (κ1) is 14.5. The second-order valence-corrected chi connectivity index (χ2v) is 5.91. The van der Waals surface area contributed by atoms with Crippen LogP contribution in [0.2, 0.25) is 0 Å². The van der Waals surface area contributed by atoms with E-state index in [-0.39, 0.29) is 0 Å². The van der Waals surface area contributed by atoms with Crippen molar-refractivity contribution in [2.24, 2.45) is 5.92 Å². The maximum Gasteiger partial charge on any atom is 0.0372 e. The van der Waals surface area contributed by atoms with Crippen LogP contribution in [0.25, 0.3) is 0 Å². The van der Waals surface area contributed by atoms with Crippen molar-refractivity contribution in [1.29, 1.82) is 0 Å². The molecule has 1 aromatic rings. The quantitative estimate of drug-likeness (QED) is 0.853. The van der Waals surface area contributed by atoms with Crippen LogP contribution >= 0.6 is 0 Å². The third-order valence-electron chi connectivity index (χ3n) is 3.81. The highest BCUT2D eigenvalue weighted by Crippen LogP contribution is 2.10. The molecule has 0 spiro atoms. The molecule has 0 saturated carbocycles. The highest BCUT2D eigenvalue weighted by Gasteiger charge is 2.12. The van der Waals surface area contributed by atoms with Crippen LogP contribution in [0, 0.1) is 12.8 Å². The van der Waals surface area contributed by atoms with Crippen LogP contribution in [0.3, 0.4) is 0 Å². The van der Waals surface area contributed by atoms with E-state index < -0.39 is 0 Å². The molecule has 2 rings (SSSR count). The smallest absolute Gasteiger partial charge is 0.0372 e. The van der Waals surface area contributed by atoms with Crippen molar-refractivity contribution < 1.29 is 0 Å². The third kappa shape index (κ3) is 5.29. The molecule has 1 unspecified atom stereocenters. The van der Waals surface area contributed by atoms with Gasteiger partial charge in [0.25, 0.3) is 0 Å². The molecule has 0 amide bonds. The Hall–Kier alpha value is -0.930. The van der Waals surface area contributed by atoms with Crippen LogP contribution in [-0.2, 0) is 6.54 Å². The van der Waals surface area contributed by atoms with Crippen LogP contribution in [-0.4, -0.2) is 36.1 Å². The molecular weight excluding hydrogens is 234 g/mol. The largest absolute Gasteiger partial charge is 0.312 e. The lowest BCUT2D eigenvalue weighted by Crippen LogP contribution is -2.36. The van der Waals surface area contributed by atoms with Crippen LogP contribution in [0.15, 0.2) is 18.3 Å². The van der Waals surface area contributed by atoms with Gasteiger partial charge in [0.15, 0.2) is 0 Å². The molecule has 1 aliphatic rings. The van der Waals surface area contributed by atoms with E-state index in [4.69, 9.17) is 0 Å². The van der Waals surface area contributed by atoms with Gasteiger partial charge in [-0.3, -0.25) is 4.98 Å². The summed E-state index contributed by atoms with van der Waals surface area (Å²) in [7, 11) is 0. The van der Waals surface area contributed by atoms with Gasteiger partial charge >= 0.3 is 0 Å². The minimum atomic E-state index is 0.719. The van der Waals surface area contributed by atoms with Crippen molar-refractivity contribution >= 4 is 0 Å². The molecule has 3 heteroatoms. The van der Waals surface area contributed by atoms with Gasteiger partial charge in [-0.05, 0) is 56.9 Å². The Morgan fingerprint density at radius 2 is 2.05 bits per heavy atom. The van der Waals surface area contributed by atoms with Gasteiger partial charge in [0, 0.05) is 25.0 Å². The number of hydrogen-bond acceptors (Lipinski definition) is 3. The molecule has 19 heavy (non-hydrogen) atoms. The second kappa shape index (κ2) is 7.61. The fraction of sp³-hybridized carbons (Fsp3) is 0.688. The number of aromatic nitrogens is 1. The van der Waals surface area contributed by atoms with Crippen molar-refractivity contribution in [3.8, 4) is 0 Å². The first-order chi connectivity index (χ1) is 9.24. The fourth-order valence-electron chi connectivity index (χ4n) is 2.71. The molecule has 1 aromatic heterocycles. The number of piperidine rings is 1. The van der Waals surface area contributed by atoms with Gasteiger partial charge in [-0.2, -0.15) is 0 Å². The Morgan fingerprint density at radius 1 is 1.26 bits per heavy atom. The van der Waals surface area contributed by atoms with E-state index in [0.717, 1.165) is 24.7 Å². The molecule has 1 atom stereocenters. The van der Waals surface area contributed by atoms with Gasteiger partial charge < -0.3 is 10.2 Å². The molecule has 0 aliphatic carbocycles. The normalized spacial score (nSPS) is 18.4. The summed E-state index contributed by atoms with van der Waals surface area (Å²) in [5, 5.41) is 3.54. The molecule has 2 heterocycles. The highest BCUT2D eigenvalue weighted by molar-refractivity contribution is 5.12. The zero-order chi connectivity index (χ0) is 13.5. The molecule has 0 radical (unpaired) electrons. The highest BCUT2D eigenvalue weighted by atomic mass is 15.1. The van der Waals surface area contributed by atoms with Gasteiger partial charge in [0.2, 0.25) is 0 Å². The van der Waals surface area contributed by atoms with E-state index in [0.29, 0.717) is 0 Å². The lowest BCUT2D eigenvalue weighted by atomic mass is 10.1. The Labute approximate surface area is 117 Å². The summed E-state index contributed by atoms with van der Waals surface area (Å²) in [5.74, 6) is 0.719. The minimum absolute atomic E-state index is 0.719. The second-order valence-electron chi connectivity index (χ2n) is 5.91. The van der Waals surface area contributed by atoms with Crippen LogP contribution < -0.4 is 5.32 Å². The monoisotopic (exact) mass is 261 g/mol. The SMILES string of the molecule is Cc1ccc(CNCC(C)CN2CCCCC2)cn1. The zero-order valence-electron chi connectivity index (χ0n) is 12.4. The first-order valence-electron chi connectivity index (χ1n) is 7.58. The van der Waals surface area contributed by atoms with Crippen molar-refractivity contribution in [3.05, 3.63) is 29.6 Å². The maximum atomic E-state index is 4.32. The predicted molar refractivity (Wildman–Crippen MR) is 80.1 cm³/mol. The number of hydrogen-bond donors (Lipinski definition) is 1. The van der Waals surface area contributed by atoms with Gasteiger partial charge in [-0.1, -0.05) is 19.4 Å². The van der Waals surface area contributed by atoms with E-state index in [1.165, 1.54) is 44.5 Å². The molecule has 3 nitrogen and oxygen atoms in total. The maximum absolute atomic E-state index is 4.32. The van der Waals surface area contributed by atoms with Crippen LogP contribution in [0.5, 0.6) is 0 Å². The van der Waals surface area contributed by atoms with E-state index >= 15 is 0 Å². The summed E-state index contributed by atoms with van der Waals surface area (Å²) < 4.78 is 0. The van der Waals surface area contributed by atoms with Crippen molar-refractivity contribution in [1.82, 2.24) is 15.2 Å². The van der Waals surface area contributed by atoms with Crippen molar-refractivity contribution in [2.45, 2.75) is 39.7 Å². The lowest BCUT2D eigenvalue weighted by Gasteiger charge is -2.29. The van der Waals surface area contributed by atoms with Gasteiger partial charge in [0.1, 0.15) is 0 Å². The van der Waals surface area contributed by atoms with E-state index in [1.807, 2.05) is 13.1 Å². The molecule has 1 saturated heterocycles. The molecular formula is C16H27N3. The summed E-state index contributed by atoms with van der Waals surface area (Å²) in [5.41, 5.74) is 2.36. The Balaban J connectivity index is 1.63. The number of nitrogens with zero attached hydrogens (tertiary/aromatic N) is 2. The minimum Gasteiger partial charge on any atom is -0.312 e. The van der Waals surface area contributed by atoms with Gasteiger partial charge in [-0.15, -0.1) is 0 Å². The lowest BCUT2D eigenvalue weighted by molar-refractivity contribution is 0.199. The molecule has 1 N–H and O–H groups in total. The average molecular weight is 261 g/mol. The van der Waals surface area contributed by atoms with E-state index in [9.17, 15) is 0 Å². The van der Waals surface area contributed by atoms with E-state index in [2.05, 4.69) is 34.3 Å². The number of rotatable bonds is 6. The number of likely N-dealkylation sites (tertiary alicyclic amines) is 1. The number of aryl methyl sites for hydroxylation is 1. The molecule has 1 fully saturated rings. The Bertz CT molecular complexity index is 355. The van der Waals surface area contributed by atoms with Crippen LogP contribution in [0.1, 0.15) is 37.4 Å². The van der Waals surface area contributed by atoms with Crippen molar-refractivity contribution in [3.63, 3.8) is 0 Å². The molecule has 0 aromatic carbocycles. The summed E-state index contributed by atoms with van der Waals surface area (Å²) in [4.78, 5) is 6.94. The zero-order valence-corrected chi connectivity index (χ0v) is 12.4. The topological polar surface area (TPSA) is 28.2 Å².